The highest BCUT2D eigenvalue weighted by atomic mass is 19.4. The third-order valence-electron chi connectivity index (χ3n) is 3.72. The first-order valence-corrected chi connectivity index (χ1v) is 7.14. The Morgan fingerprint density at radius 2 is 1.88 bits per heavy atom. The van der Waals surface area contributed by atoms with Gasteiger partial charge in [0.15, 0.2) is 0 Å². The molecule has 136 valence electrons. The van der Waals surface area contributed by atoms with Crippen LogP contribution in [0.5, 0.6) is 0 Å². The van der Waals surface area contributed by atoms with Gasteiger partial charge in [-0.05, 0) is 18.2 Å². The summed E-state index contributed by atoms with van der Waals surface area (Å²) in [6.07, 6.45) is -5.22. The second-order valence-electron chi connectivity index (χ2n) is 5.73. The summed E-state index contributed by atoms with van der Waals surface area (Å²) >= 11 is 0. The van der Waals surface area contributed by atoms with Crippen LogP contribution in [0.4, 0.5) is 23.2 Å². The van der Waals surface area contributed by atoms with Gasteiger partial charge < -0.3 is 15.3 Å². The monoisotopic (exact) mass is 362 g/mol. The highest BCUT2D eigenvalue weighted by Gasteiger charge is 2.47. The van der Waals surface area contributed by atoms with E-state index in [1.807, 2.05) is 0 Å². The number of amides is 2. The average molecular weight is 362 g/mol. The molecular weight excluding hydrogens is 348 g/mol. The molecule has 1 aromatic rings. The van der Waals surface area contributed by atoms with Crippen molar-refractivity contribution in [2.75, 3.05) is 18.4 Å². The number of anilines is 1. The third-order valence-corrected chi connectivity index (χ3v) is 3.72. The van der Waals surface area contributed by atoms with Crippen LogP contribution in [0.15, 0.2) is 18.2 Å². The second kappa shape index (κ2) is 6.34. The molecule has 0 saturated carbocycles. The van der Waals surface area contributed by atoms with Gasteiger partial charge in [-0.15, -0.1) is 0 Å². The van der Waals surface area contributed by atoms with Crippen LogP contribution in [-0.2, 0) is 15.8 Å². The van der Waals surface area contributed by atoms with Crippen molar-refractivity contribution in [1.29, 1.82) is 0 Å². The minimum atomic E-state index is -4.76. The number of hydrogen-bond donors (Lipinski definition) is 2. The molecule has 1 aromatic carbocycles. The minimum Gasteiger partial charge on any atom is -0.479 e. The molecule has 25 heavy (non-hydrogen) atoms. The topological polar surface area (TPSA) is 86.7 Å². The third kappa shape index (κ3) is 4.06. The van der Waals surface area contributed by atoms with Gasteiger partial charge in [0.25, 0.3) is 5.91 Å². The summed E-state index contributed by atoms with van der Waals surface area (Å²) < 4.78 is 53.0. The van der Waals surface area contributed by atoms with Crippen LogP contribution in [-0.4, -0.2) is 46.5 Å². The molecule has 0 bridgehead atoms. The van der Waals surface area contributed by atoms with Gasteiger partial charge in [0.05, 0.1) is 12.1 Å². The Bertz CT molecular complexity index is 735. The minimum absolute atomic E-state index is 0.241. The predicted molar refractivity (Wildman–Crippen MR) is 77.7 cm³/mol. The zero-order valence-electron chi connectivity index (χ0n) is 13.0. The van der Waals surface area contributed by atoms with Gasteiger partial charge in [0.2, 0.25) is 11.6 Å². The highest BCUT2D eigenvalue weighted by Crippen LogP contribution is 2.33. The standard InChI is InChI=1S/C15H14F4N2O4/c1-8(22)20-11-5-9(4-10(6-11)15(17,18)19)12(23)21-3-2-14(16,7-21)13(24)25/h4-6H,2-3,7H2,1H3,(H,20,22)(H,24,25). The average Bonchev–Trinajstić information content (AvgIpc) is 2.88. The lowest BCUT2D eigenvalue weighted by molar-refractivity contribution is -0.149. The summed E-state index contributed by atoms with van der Waals surface area (Å²) in [6.45, 7) is 0.0901. The van der Waals surface area contributed by atoms with Crippen molar-refractivity contribution in [3.63, 3.8) is 0 Å². The fraction of sp³-hybridized carbons (Fsp3) is 0.400. The number of aliphatic carboxylic acids is 1. The first-order valence-electron chi connectivity index (χ1n) is 7.14. The zero-order chi connectivity index (χ0) is 19.0. The smallest absolute Gasteiger partial charge is 0.416 e. The Morgan fingerprint density at radius 3 is 2.36 bits per heavy atom. The van der Waals surface area contributed by atoms with Crippen molar-refractivity contribution in [2.24, 2.45) is 0 Å². The first-order chi connectivity index (χ1) is 11.4. The summed E-state index contributed by atoms with van der Waals surface area (Å²) in [5.41, 5.74) is -4.45. The molecule has 1 unspecified atom stereocenters. The van der Waals surface area contributed by atoms with Crippen molar-refractivity contribution in [3.05, 3.63) is 29.3 Å². The normalized spacial score (nSPS) is 20.4. The highest BCUT2D eigenvalue weighted by molar-refractivity contribution is 5.98. The van der Waals surface area contributed by atoms with Crippen LogP contribution < -0.4 is 5.32 Å². The van der Waals surface area contributed by atoms with E-state index in [4.69, 9.17) is 5.11 Å². The van der Waals surface area contributed by atoms with Gasteiger partial charge in [0.1, 0.15) is 0 Å². The molecule has 1 heterocycles. The molecule has 2 N–H and O–H groups in total. The van der Waals surface area contributed by atoms with Crippen LogP contribution in [0.1, 0.15) is 29.3 Å². The van der Waals surface area contributed by atoms with Gasteiger partial charge in [-0.3, -0.25) is 9.59 Å². The number of carbonyl (C=O) groups excluding carboxylic acids is 2. The van der Waals surface area contributed by atoms with Crippen LogP contribution in [0, 0.1) is 0 Å². The number of likely N-dealkylation sites (tertiary alicyclic amines) is 1. The molecule has 0 aromatic heterocycles. The maximum Gasteiger partial charge on any atom is 0.416 e. The molecule has 6 nitrogen and oxygen atoms in total. The molecule has 2 rings (SSSR count). The number of rotatable bonds is 3. The van der Waals surface area contributed by atoms with E-state index >= 15 is 0 Å². The molecule has 2 amide bonds. The number of hydrogen-bond acceptors (Lipinski definition) is 3. The lowest BCUT2D eigenvalue weighted by Crippen LogP contribution is -2.39. The number of nitrogens with one attached hydrogen (secondary N) is 1. The van der Waals surface area contributed by atoms with E-state index in [1.165, 1.54) is 0 Å². The maximum absolute atomic E-state index is 14.1. The molecular formula is C15H14F4N2O4. The Morgan fingerprint density at radius 1 is 1.24 bits per heavy atom. The predicted octanol–water partition coefficient (Wildman–Crippen LogP) is 2.30. The molecule has 1 atom stereocenters. The summed E-state index contributed by atoms with van der Waals surface area (Å²) in [5, 5.41) is 11.0. The van der Waals surface area contributed by atoms with Gasteiger partial charge in [-0.1, -0.05) is 0 Å². The molecule has 0 radical (unpaired) electrons. The van der Waals surface area contributed by atoms with Crippen molar-refractivity contribution in [2.45, 2.75) is 25.2 Å². The van der Waals surface area contributed by atoms with E-state index in [9.17, 15) is 31.9 Å². The summed E-state index contributed by atoms with van der Waals surface area (Å²) in [4.78, 5) is 35.1. The summed E-state index contributed by atoms with van der Waals surface area (Å²) in [7, 11) is 0. The van der Waals surface area contributed by atoms with E-state index in [2.05, 4.69) is 5.32 Å². The van der Waals surface area contributed by atoms with Crippen molar-refractivity contribution >= 4 is 23.5 Å². The van der Waals surface area contributed by atoms with Gasteiger partial charge in [-0.25, -0.2) is 9.18 Å². The van der Waals surface area contributed by atoms with Crippen LogP contribution in [0.25, 0.3) is 0 Å². The molecule has 1 aliphatic rings. The van der Waals surface area contributed by atoms with Gasteiger partial charge in [-0.2, -0.15) is 13.2 Å². The zero-order valence-corrected chi connectivity index (χ0v) is 13.0. The summed E-state index contributed by atoms with van der Waals surface area (Å²) in [6, 6.07) is 2.27. The lowest BCUT2D eigenvalue weighted by atomic mass is 10.1. The van der Waals surface area contributed by atoms with Crippen LogP contribution in [0.3, 0.4) is 0 Å². The van der Waals surface area contributed by atoms with E-state index in [1.54, 1.807) is 0 Å². The quantitative estimate of drug-likeness (QED) is 0.808. The molecule has 10 heteroatoms. The lowest BCUT2D eigenvalue weighted by Gasteiger charge is -2.19. The van der Waals surface area contributed by atoms with Crippen LogP contribution >= 0.6 is 0 Å². The number of nitrogens with zero attached hydrogens (tertiary/aromatic N) is 1. The Hall–Kier alpha value is -2.65. The van der Waals surface area contributed by atoms with Crippen molar-refractivity contribution < 1.29 is 37.1 Å². The Balaban J connectivity index is 2.36. The first kappa shape index (κ1) is 18.7. The fourth-order valence-corrected chi connectivity index (χ4v) is 2.49. The fourth-order valence-electron chi connectivity index (χ4n) is 2.49. The molecule has 0 aliphatic carbocycles. The second-order valence-corrected chi connectivity index (χ2v) is 5.73. The van der Waals surface area contributed by atoms with E-state index < -0.39 is 53.7 Å². The number of carbonyl (C=O) groups is 3. The molecule has 1 fully saturated rings. The SMILES string of the molecule is CC(=O)Nc1cc(C(=O)N2CCC(F)(C(=O)O)C2)cc(C(F)(F)F)c1. The summed E-state index contributed by atoms with van der Waals surface area (Å²) in [5.74, 6) is -3.31. The number of benzene rings is 1. The number of halogens is 4. The number of carboxylic acid groups (broad SMARTS) is 1. The Kier molecular flexibility index (Phi) is 4.74. The molecule has 1 aliphatic heterocycles. The number of carboxylic acids is 1. The van der Waals surface area contributed by atoms with Gasteiger partial charge >= 0.3 is 12.1 Å². The Labute approximate surface area is 139 Å². The largest absolute Gasteiger partial charge is 0.479 e. The van der Waals surface area contributed by atoms with Crippen molar-refractivity contribution in [1.82, 2.24) is 4.90 Å². The van der Waals surface area contributed by atoms with E-state index in [-0.39, 0.29) is 12.2 Å². The van der Waals surface area contributed by atoms with E-state index in [0.29, 0.717) is 12.1 Å². The van der Waals surface area contributed by atoms with Crippen LogP contribution in [0.2, 0.25) is 0 Å². The maximum atomic E-state index is 14.1. The number of alkyl halides is 4. The van der Waals surface area contributed by atoms with Crippen molar-refractivity contribution in [3.8, 4) is 0 Å². The van der Waals surface area contributed by atoms with Gasteiger partial charge in [0, 0.05) is 31.1 Å². The molecule has 1 saturated heterocycles. The molecule has 0 spiro atoms. The van der Waals surface area contributed by atoms with E-state index in [0.717, 1.165) is 17.9 Å².